The number of aromatic amines is 1. The maximum atomic E-state index is 13.6. The Labute approximate surface area is 242 Å². The van der Waals surface area contributed by atoms with Gasteiger partial charge < -0.3 is 4.74 Å². The molecule has 1 fully saturated rings. The fourth-order valence-electron chi connectivity index (χ4n) is 5.93. The van der Waals surface area contributed by atoms with Gasteiger partial charge in [-0.1, -0.05) is 68.7 Å². The van der Waals surface area contributed by atoms with Crippen LogP contribution in [0.1, 0.15) is 57.4 Å². The highest BCUT2D eigenvalue weighted by Crippen LogP contribution is 2.40. The summed E-state index contributed by atoms with van der Waals surface area (Å²) in [6.07, 6.45) is 6.66. The van der Waals surface area contributed by atoms with E-state index in [1.807, 2.05) is 47.4 Å². The van der Waals surface area contributed by atoms with Crippen LogP contribution in [0.2, 0.25) is 0 Å². The number of H-pyrrole nitrogens is 1. The number of benzene rings is 3. The first-order valence-electron chi connectivity index (χ1n) is 14.4. The lowest BCUT2D eigenvalue weighted by Crippen LogP contribution is -2.40. The largest absolute Gasteiger partial charge is 0.435 e. The smallest absolute Gasteiger partial charge is 0.387 e. The van der Waals surface area contributed by atoms with Crippen LogP contribution in [-0.2, 0) is 11.3 Å². The number of unbranched alkanes of at least 4 members (excludes halogenated alkanes) is 1. The van der Waals surface area contributed by atoms with Gasteiger partial charge in [-0.2, -0.15) is 14.0 Å². The molecule has 1 aliphatic carbocycles. The first-order valence-corrected chi connectivity index (χ1v) is 14.4. The van der Waals surface area contributed by atoms with Crippen molar-refractivity contribution < 1.29 is 18.3 Å². The minimum Gasteiger partial charge on any atom is -0.435 e. The first kappa shape index (κ1) is 27.7. The normalized spacial score (nSPS) is 16.0. The number of carbonyl (C=O) groups excluding carboxylic acids is 1. The van der Waals surface area contributed by atoms with Crippen LogP contribution in [0.4, 0.5) is 8.78 Å². The Kier molecular flexibility index (Phi) is 7.78. The van der Waals surface area contributed by atoms with Gasteiger partial charge in [0.25, 0.3) is 5.91 Å². The highest BCUT2D eigenvalue weighted by molar-refractivity contribution is 6.08. The van der Waals surface area contributed by atoms with Crippen molar-refractivity contribution in [2.45, 2.75) is 70.6 Å². The first-order chi connectivity index (χ1) is 20.5. The van der Waals surface area contributed by atoms with Crippen molar-refractivity contribution >= 4 is 11.7 Å². The molecule has 42 heavy (non-hydrogen) atoms. The lowest BCUT2D eigenvalue weighted by atomic mass is 9.93. The zero-order valence-electron chi connectivity index (χ0n) is 23.4. The molecule has 1 saturated carbocycles. The van der Waals surface area contributed by atoms with Crippen LogP contribution in [0, 0.1) is 0 Å². The molecule has 0 radical (unpaired) electrons. The quantitative estimate of drug-likeness (QED) is 0.221. The number of amidine groups is 1. The van der Waals surface area contributed by atoms with E-state index < -0.39 is 12.2 Å². The number of carbonyl (C=O) groups is 1. The van der Waals surface area contributed by atoms with Crippen molar-refractivity contribution in [3.63, 3.8) is 0 Å². The minimum absolute atomic E-state index is 0.103. The molecule has 2 heterocycles. The van der Waals surface area contributed by atoms with E-state index >= 15 is 0 Å². The maximum absolute atomic E-state index is 13.6. The van der Waals surface area contributed by atoms with Gasteiger partial charge in [-0.05, 0) is 76.6 Å². The monoisotopic (exact) mass is 570 g/mol. The number of nitrogens with zero attached hydrogens (tertiary/aromatic N) is 5. The number of hydrogen-bond acceptors (Lipinski definition) is 6. The van der Waals surface area contributed by atoms with E-state index in [0.717, 1.165) is 84.2 Å². The summed E-state index contributed by atoms with van der Waals surface area (Å²) < 4.78 is 29.7. The van der Waals surface area contributed by atoms with Crippen molar-refractivity contribution in [1.29, 1.82) is 0 Å². The van der Waals surface area contributed by atoms with Crippen molar-refractivity contribution in [2.24, 2.45) is 4.99 Å². The number of rotatable bonds is 10. The van der Waals surface area contributed by atoms with Gasteiger partial charge >= 0.3 is 6.61 Å². The third-order valence-electron chi connectivity index (χ3n) is 8.11. The van der Waals surface area contributed by atoms with Gasteiger partial charge in [0.2, 0.25) is 5.82 Å². The fourth-order valence-corrected chi connectivity index (χ4v) is 5.93. The molecular formula is C32H32F2N6O2. The average Bonchev–Trinajstić information content (AvgIpc) is 3.76. The summed E-state index contributed by atoms with van der Waals surface area (Å²) in [7, 11) is 0. The average molecular weight is 571 g/mol. The zero-order valence-corrected chi connectivity index (χ0v) is 23.4. The third-order valence-corrected chi connectivity index (χ3v) is 8.11. The van der Waals surface area contributed by atoms with Crippen molar-refractivity contribution in [2.75, 3.05) is 0 Å². The van der Waals surface area contributed by atoms with Crippen molar-refractivity contribution in [1.82, 2.24) is 25.5 Å². The Hall–Kier alpha value is -4.47. The van der Waals surface area contributed by atoms with Crippen LogP contribution < -0.4 is 4.74 Å². The van der Waals surface area contributed by atoms with Gasteiger partial charge in [0.1, 0.15) is 17.1 Å². The predicted octanol–water partition coefficient (Wildman–Crippen LogP) is 7.05. The molecule has 216 valence electrons. The predicted molar refractivity (Wildman–Crippen MR) is 156 cm³/mol. The van der Waals surface area contributed by atoms with Gasteiger partial charge in [0.15, 0.2) is 0 Å². The fraction of sp³-hybridized carbons (Fsp3) is 0.344. The lowest BCUT2D eigenvalue weighted by Gasteiger charge is -2.23. The molecule has 8 nitrogen and oxygen atoms in total. The summed E-state index contributed by atoms with van der Waals surface area (Å²) in [6, 6.07) is 20.6. The number of halogens is 2. The molecule has 1 aromatic heterocycles. The second kappa shape index (κ2) is 11.8. The van der Waals surface area contributed by atoms with E-state index in [2.05, 4.69) is 32.3 Å². The summed E-state index contributed by atoms with van der Waals surface area (Å²) in [4.78, 5) is 20.5. The Morgan fingerprint density at radius 2 is 1.67 bits per heavy atom. The molecule has 0 bridgehead atoms. The number of aliphatic imine (C=N–C) groups is 1. The summed E-state index contributed by atoms with van der Waals surface area (Å²) in [6.45, 7) is -0.225. The lowest BCUT2D eigenvalue weighted by molar-refractivity contribution is -0.131. The highest BCUT2D eigenvalue weighted by atomic mass is 19.3. The van der Waals surface area contributed by atoms with Crippen LogP contribution in [0.3, 0.4) is 0 Å². The number of ether oxygens (including phenoxy) is 1. The van der Waals surface area contributed by atoms with E-state index in [0.29, 0.717) is 12.4 Å². The van der Waals surface area contributed by atoms with Crippen molar-refractivity contribution in [3.8, 4) is 39.4 Å². The molecule has 0 saturated heterocycles. The van der Waals surface area contributed by atoms with E-state index in [1.54, 1.807) is 12.1 Å². The summed E-state index contributed by atoms with van der Waals surface area (Å²) >= 11 is 0. The van der Waals surface area contributed by atoms with Crippen LogP contribution >= 0.6 is 0 Å². The summed E-state index contributed by atoms with van der Waals surface area (Å²) in [5.41, 5.74) is 4.85. The third kappa shape index (κ3) is 5.53. The molecule has 2 aliphatic rings. The van der Waals surface area contributed by atoms with Gasteiger partial charge in [-0.15, -0.1) is 10.2 Å². The molecule has 0 atom stereocenters. The Balaban J connectivity index is 1.28. The SMILES string of the molecule is CCCCC1=NC2(CCCC2)C(=O)N1Cc1ccc(-c2cc(-c3ccc(OC(F)F)cc3)ccc2-c2nn[nH]n2)cc1. The molecule has 1 N–H and O–H groups in total. The van der Waals surface area contributed by atoms with E-state index in [9.17, 15) is 13.6 Å². The summed E-state index contributed by atoms with van der Waals surface area (Å²) in [5.74, 6) is 1.63. The number of aromatic nitrogens is 4. The van der Waals surface area contributed by atoms with Gasteiger partial charge in [0, 0.05) is 12.0 Å². The molecule has 10 heteroatoms. The van der Waals surface area contributed by atoms with Gasteiger partial charge in [-0.3, -0.25) is 14.7 Å². The van der Waals surface area contributed by atoms with Crippen LogP contribution in [0.5, 0.6) is 5.75 Å². The molecule has 6 rings (SSSR count). The molecule has 1 spiro atoms. The number of alkyl halides is 2. The number of amides is 1. The Morgan fingerprint density at radius 3 is 2.33 bits per heavy atom. The van der Waals surface area contributed by atoms with Gasteiger partial charge in [0.05, 0.1) is 6.54 Å². The Bertz CT molecular complexity index is 1560. The maximum Gasteiger partial charge on any atom is 0.387 e. The molecule has 1 aliphatic heterocycles. The van der Waals surface area contributed by atoms with Crippen LogP contribution in [-0.4, -0.2) is 49.4 Å². The molecular weight excluding hydrogens is 538 g/mol. The molecule has 3 aromatic carbocycles. The summed E-state index contributed by atoms with van der Waals surface area (Å²) in [5, 5.41) is 14.6. The second-order valence-corrected chi connectivity index (χ2v) is 10.9. The van der Waals surface area contributed by atoms with Crippen molar-refractivity contribution in [3.05, 3.63) is 72.3 Å². The minimum atomic E-state index is -2.87. The number of tetrazole rings is 1. The Morgan fingerprint density at radius 1 is 0.952 bits per heavy atom. The topological polar surface area (TPSA) is 96.4 Å². The molecule has 4 aromatic rings. The molecule has 0 unspecified atom stereocenters. The van der Waals surface area contributed by atoms with E-state index in [-0.39, 0.29) is 11.7 Å². The second-order valence-electron chi connectivity index (χ2n) is 10.9. The van der Waals surface area contributed by atoms with Crippen LogP contribution in [0.25, 0.3) is 33.6 Å². The van der Waals surface area contributed by atoms with E-state index in [4.69, 9.17) is 4.99 Å². The van der Waals surface area contributed by atoms with E-state index in [1.165, 1.54) is 12.1 Å². The zero-order chi connectivity index (χ0) is 29.1. The van der Waals surface area contributed by atoms with Crippen LogP contribution in [0.15, 0.2) is 71.7 Å². The van der Waals surface area contributed by atoms with Gasteiger partial charge in [-0.25, -0.2) is 0 Å². The number of nitrogens with one attached hydrogen (secondary N) is 1. The highest BCUT2D eigenvalue weighted by Gasteiger charge is 2.49. The number of hydrogen-bond donors (Lipinski definition) is 1. The standard InChI is InChI=1S/C32H32F2N6O2/c1-2-3-6-28-35-32(17-4-5-18-32)30(41)40(28)20-21-7-9-23(10-8-21)27-19-24(13-16-26(27)29-36-38-39-37-29)22-11-14-25(15-12-22)42-31(33)34/h7-16,19,31H,2-6,17-18,20H2,1H3,(H,36,37,38,39). The molecule has 1 amide bonds.